The van der Waals surface area contributed by atoms with Crippen LogP contribution in [-0.2, 0) is 9.53 Å². The first-order valence-corrected chi connectivity index (χ1v) is 6.80. The van der Waals surface area contributed by atoms with E-state index < -0.39 is 0 Å². The molecule has 0 heterocycles. The molecule has 0 fully saturated rings. The van der Waals surface area contributed by atoms with E-state index in [1.807, 2.05) is 0 Å². The average Bonchev–Trinajstić information content (AvgIpc) is 2.43. The molecule has 1 N–H and O–H groups in total. The van der Waals surface area contributed by atoms with Crippen LogP contribution in [0.4, 0.5) is 0 Å². The zero-order chi connectivity index (χ0) is 13.9. The third-order valence-corrected chi connectivity index (χ3v) is 2.70. The van der Waals surface area contributed by atoms with Crippen molar-refractivity contribution >= 4 is 5.97 Å². The molecular weight excluding hydrogens is 244 g/mol. The molecule has 0 aliphatic rings. The molecule has 1 aromatic carbocycles. The Hall–Kier alpha value is -1.71. The van der Waals surface area contributed by atoms with Gasteiger partial charge in [0.25, 0.3) is 0 Å². The maximum Gasteiger partial charge on any atom is 0.305 e. The standard InChI is InChI=1S/C15H22O4/c1-2-15(17)19-12-6-4-3-5-11-18-14-9-7-13(16)8-10-14/h7-10,16H,2-6,11-12H2,1H3. The van der Waals surface area contributed by atoms with Crippen LogP contribution in [-0.4, -0.2) is 24.3 Å². The molecule has 0 saturated carbocycles. The first kappa shape index (κ1) is 15.3. The molecule has 0 spiro atoms. The number of phenolic OH excluding ortho intramolecular Hbond substituents is 1. The number of benzene rings is 1. The summed E-state index contributed by atoms with van der Waals surface area (Å²) < 4.78 is 10.5. The van der Waals surface area contributed by atoms with Gasteiger partial charge in [0.15, 0.2) is 0 Å². The van der Waals surface area contributed by atoms with Crippen LogP contribution in [0.15, 0.2) is 24.3 Å². The predicted molar refractivity (Wildman–Crippen MR) is 73.3 cm³/mol. The monoisotopic (exact) mass is 266 g/mol. The SMILES string of the molecule is CCC(=O)OCCCCCCOc1ccc(O)cc1. The number of ether oxygens (including phenoxy) is 2. The molecule has 0 atom stereocenters. The van der Waals surface area contributed by atoms with E-state index in [0.717, 1.165) is 31.4 Å². The number of phenols is 1. The van der Waals surface area contributed by atoms with Crippen molar-refractivity contribution in [3.05, 3.63) is 24.3 Å². The van der Waals surface area contributed by atoms with Gasteiger partial charge >= 0.3 is 5.97 Å². The Kier molecular flexibility index (Phi) is 7.47. The molecule has 0 radical (unpaired) electrons. The first-order valence-electron chi connectivity index (χ1n) is 6.80. The highest BCUT2D eigenvalue weighted by molar-refractivity contribution is 5.68. The minimum Gasteiger partial charge on any atom is -0.508 e. The smallest absolute Gasteiger partial charge is 0.305 e. The van der Waals surface area contributed by atoms with Crippen molar-refractivity contribution in [1.82, 2.24) is 0 Å². The number of hydrogen-bond acceptors (Lipinski definition) is 4. The lowest BCUT2D eigenvalue weighted by Gasteiger charge is -2.06. The van der Waals surface area contributed by atoms with Gasteiger partial charge in [-0.3, -0.25) is 4.79 Å². The zero-order valence-electron chi connectivity index (χ0n) is 11.4. The third-order valence-electron chi connectivity index (χ3n) is 2.70. The maximum atomic E-state index is 10.9. The Morgan fingerprint density at radius 2 is 1.68 bits per heavy atom. The molecule has 4 nitrogen and oxygen atoms in total. The maximum absolute atomic E-state index is 10.9. The van der Waals surface area contributed by atoms with E-state index in [2.05, 4.69) is 0 Å². The minimum absolute atomic E-state index is 0.129. The van der Waals surface area contributed by atoms with E-state index in [9.17, 15) is 4.79 Å². The van der Waals surface area contributed by atoms with Gasteiger partial charge in [-0.1, -0.05) is 6.92 Å². The summed E-state index contributed by atoms with van der Waals surface area (Å²) in [6.45, 7) is 2.98. The van der Waals surface area contributed by atoms with Crippen LogP contribution in [0, 0.1) is 0 Å². The summed E-state index contributed by atoms with van der Waals surface area (Å²) in [5.74, 6) is 0.888. The minimum atomic E-state index is -0.129. The third kappa shape index (κ3) is 7.34. The van der Waals surface area contributed by atoms with Gasteiger partial charge in [-0.15, -0.1) is 0 Å². The van der Waals surface area contributed by atoms with Crippen molar-refractivity contribution in [2.24, 2.45) is 0 Å². The number of carbonyl (C=O) groups excluding carboxylic acids is 1. The molecule has 0 aliphatic carbocycles. The normalized spacial score (nSPS) is 10.2. The summed E-state index contributed by atoms with van der Waals surface area (Å²) in [5.41, 5.74) is 0. The fourth-order valence-electron chi connectivity index (χ4n) is 1.58. The second-order valence-electron chi connectivity index (χ2n) is 4.33. The second kappa shape index (κ2) is 9.25. The average molecular weight is 266 g/mol. The van der Waals surface area contributed by atoms with E-state index in [4.69, 9.17) is 14.6 Å². The van der Waals surface area contributed by atoms with Crippen molar-refractivity contribution in [3.8, 4) is 11.5 Å². The van der Waals surface area contributed by atoms with Crippen molar-refractivity contribution in [2.45, 2.75) is 39.0 Å². The Balaban J connectivity index is 1.94. The number of esters is 1. The molecule has 19 heavy (non-hydrogen) atoms. The fourth-order valence-corrected chi connectivity index (χ4v) is 1.58. The van der Waals surface area contributed by atoms with Gasteiger partial charge in [0.1, 0.15) is 11.5 Å². The first-order chi connectivity index (χ1) is 9.22. The Morgan fingerprint density at radius 1 is 1.05 bits per heavy atom. The van der Waals surface area contributed by atoms with Gasteiger partial charge in [0, 0.05) is 6.42 Å². The molecule has 1 aromatic rings. The van der Waals surface area contributed by atoms with Gasteiger partial charge in [-0.2, -0.15) is 0 Å². The largest absolute Gasteiger partial charge is 0.508 e. The molecule has 0 bridgehead atoms. The van der Waals surface area contributed by atoms with Crippen LogP contribution in [0.3, 0.4) is 0 Å². The predicted octanol–water partition coefficient (Wildman–Crippen LogP) is 3.28. The molecule has 0 saturated heterocycles. The van der Waals surface area contributed by atoms with Crippen LogP contribution in [0.1, 0.15) is 39.0 Å². The van der Waals surface area contributed by atoms with E-state index in [1.165, 1.54) is 0 Å². The second-order valence-corrected chi connectivity index (χ2v) is 4.33. The van der Waals surface area contributed by atoms with Gasteiger partial charge in [-0.25, -0.2) is 0 Å². The van der Waals surface area contributed by atoms with Crippen LogP contribution in [0.5, 0.6) is 11.5 Å². The lowest BCUT2D eigenvalue weighted by molar-refractivity contribution is -0.143. The highest BCUT2D eigenvalue weighted by Gasteiger charge is 1.98. The summed E-state index contributed by atoms with van der Waals surface area (Å²) >= 11 is 0. The Labute approximate surface area is 114 Å². The molecule has 0 aromatic heterocycles. The van der Waals surface area contributed by atoms with Crippen molar-refractivity contribution in [2.75, 3.05) is 13.2 Å². The molecule has 0 aliphatic heterocycles. The summed E-state index contributed by atoms with van der Waals surface area (Å²) in [6.07, 6.45) is 4.42. The molecule has 1 rings (SSSR count). The van der Waals surface area contributed by atoms with E-state index in [1.54, 1.807) is 31.2 Å². The topological polar surface area (TPSA) is 55.8 Å². The van der Waals surface area contributed by atoms with Crippen LogP contribution < -0.4 is 4.74 Å². The molecule has 106 valence electrons. The molecular formula is C15H22O4. The number of rotatable bonds is 9. The van der Waals surface area contributed by atoms with Gasteiger partial charge < -0.3 is 14.6 Å². The van der Waals surface area contributed by atoms with Gasteiger partial charge in [0.2, 0.25) is 0 Å². The zero-order valence-corrected chi connectivity index (χ0v) is 11.4. The number of aromatic hydroxyl groups is 1. The lowest BCUT2D eigenvalue weighted by Crippen LogP contribution is -2.04. The van der Waals surface area contributed by atoms with E-state index >= 15 is 0 Å². The highest BCUT2D eigenvalue weighted by atomic mass is 16.5. The number of hydrogen-bond donors (Lipinski definition) is 1. The van der Waals surface area contributed by atoms with Crippen molar-refractivity contribution < 1.29 is 19.4 Å². The highest BCUT2D eigenvalue weighted by Crippen LogP contribution is 2.16. The fraction of sp³-hybridized carbons (Fsp3) is 0.533. The van der Waals surface area contributed by atoms with Crippen LogP contribution in [0.25, 0.3) is 0 Å². The van der Waals surface area contributed by atoms with Crippen molar-refractivity contribution in [3.63, 3.8) is 0 Å². The summed E-state index contributed by atoms with van der Waals surface area (Å²) in [5, 5.41) is 9.11. The Bertz CT molecular complexity index is 359. The van der Waals surface area contributed by atoms with Gasteiger partial charge in [0.05, 0.1) is 13.2 Å². The van der Waals surface area contributed by atoms with Crippen LogP contribution >= 0.6 is 0 Å². The van der Waals surface area contributed by atoms with Crippen LogP contribution in [0.2, 0.25) is 0 Å². The van der Waals surface area contributed by atoms with E-state index in [0.29, 0.717) is 19.6 Å². The molecule has 4 heteroatoms. The molecule has 0 amide bonds. The van der Waals surface area contributed by atoms with Crippen molar-refractivity contribution in [1.29, 1.82) is 0 Å². The number of carbonyl (C=O) groups is 1. The molecule has 0 unspecified atom stereocenters. The van der Waals surface area contributed by atoms with E-state index in [-0.39, 0.29) is 11.7 Å². The summed E-state index contributed by atoms with van der Waals surface area (Å²) in [6, 6.07) is 6.72. The summed E-state index contributed by atoms with van der Waals surface area (Å²) in [4.78, 5) is 10.9. The van der Waals surface area contributed by atoms with Gasteiger partial charge in [-0.05, 0) is 49.9 Å². The lowest BCUT2D eigenvalue weighted by atomic mass is 10.2. The quantitative estimate of drug-likeness (QED) is 0.550. The number of unbranched alkanes of at least 4 members (excludes halogenated alkanes) is 3. The summed E-state index contributed by atoms with van der Waals surface area (Å²) in [7, 11) is 0. The Morgan fingerprint density at radius 3 is 2.32 bits per heavy atom.